The van der Waals surface area contributed by atoms with Crippen LogP contribution in [0.2, 0.25) is 0 Å². The lowest BCUT2D eigenvalue weighted by atomic mass is 9.86. The van der Waals surface area contributed by atoms with Gasteiger partial charge in [-0.3, -0.25) is 14.6 Å². The monoisotopic (exact) mass is 345 g/mol. The summed E-state index contributed by atoms with van der Waals surface area (Å²) < 4.78 is 5.31. The number of carboxylic acids is 1. The van der Waals surface area contributed by atoms with Gasteiger partial charge in [0.2, 0.25) is 0 Å². The predicted molar refractivity (Wildman–Crippen MR) is 94.0 cm³/mol. The van der Waals surface area contributed by atoms with E-state index in [1.54, 1.807) is 12.1 Å². The molecule has 2 heterocycles. The van der Waals surface area contributed by atoms with Crippen molar-refractivity contribution in [3.05, 3.63) is 29.8 Å². The molecule has 0 unspecified atom stereocenters. The quantitative estimate of drug-likeness (QED) is 0.852. The molecule has 0 bridgehead atoms. The first-order valence-electron chi connectivity index (χ1n) is 8.51. The summed E-state index contributed by atoms with van der Waals surface area (Å²) in [5, 5.41) is 18.5. The Kier molecular flexibility index (Phi) is 5.03. The van der Waals surface area contributed by atoms with Gasteiger partial charge in [-0.25, -0.2) is 0 Å². The number of ether oxygens (including phenoxy) is 1. The van der Waals surface area contributed by atoms with Gasteiger partial charge in [-0.05, 0) is 44.0 Å². The topological polar surface area (TPSA) is 91.2 Å². The Morgan fingerprint density at radius 1 is 1.28 bits per heavy atom. The number of hydrogen-bond acceptors (Lipinski definition) is 5. The molecular weight excluding hydrogens is 322 g/mol. The summed E-state index contributed by atoms with van der Waals surface area (Å²) in [6, 6.07) is 7.24. The first-order chi connectivity index (χ1) is 12.0. The SMILES string of the molecule is CC1=NN(c2ccc(C(=O)NC3(CC(=O)O)CCOCC3)cc2)CC1. The molecule has 2 aliphatic rings. The molecule has 0 aromatic heterocycles. The van der Waals surface area contributed by atoms with Gasteiger partial charge >= 0.3 is 5.97 Å². The minimum atomic E-state index is -0.917. The molecule has 0 atom stereocenters. The summed E-state index contributed by atoms with van der Waals surface area (Å²) in [5.74, 6) is -1.17. The Morgan fingerprint density at radius 3 is 2.52 bits per heavy atom. The molecule has 7 heteroatoms. The smallest absolute Gasteiger partial charge is 0.305 e. The van der Waals surface area contributed by atoms with E-state index in [-0.39, 0.29) is 12.3 Å². The maximum atomic E-state index is 12.6. The van der Waals surface area contributed by atoms with Crippen molar-refractivity contribution in [3.63, 3.8) is 0 Å². The number of nitrogens with one attached hydrogen (secondary N) is 1. The van der Waals surface area contributed by atoms with Gasteiger partial charge in [-0.1, -0.05) is 0 Å². The van der Waals surface area contributed by atoms with Gasteiger partial charge in [-0.15, -0.1) is 0 Å². The molecule has 0 radical (unpaired) electrons. The number of nitrogens with zero attached hydrogens (tertiary/aromatic N) is 2. The van der Waals surface area contributed by atoms with Gasteiger partial charge in [0.1, 0.15) is 0 Å². The van der Waals surface area contributed by atoms with Crippen LogP contribution in [0, 0.1) is 0 Å². The first kappa shape index (κ1) is 17.4. The zero-order chi connectivity index (χ0) is 17.9. The van der Waals surface area contributed by atoms with Crippen LogP contribution in [0.15, 0.2) is 29.4 Å². The highest BCUT2D eigenvalue weighted by Crippen LogP contribution is 2.26. The van der Waals surface area contributed by atoms with Gasteiger partial charge in [0.25, 0.3) is 5.91 Å². The normalized spacial score (nSPS) is 19.4. The molecule has 1 amide bonds. The van der Waals surface area contributed by atoms with E-state index in [0.717, 1.165) is 24.4 Å². The van der Waals surface area contributed by atoms with Crippen LogP contribution in [0.25, 0.3) is 0 Å². The number of carbonyl (C=O) groups is 2. The largest absolute Gasteiger partial charge is 0.481 e. The Balaban J connectivity index is 1.70. The lowest BCUT2D eigenvalue weighted by molar-refractivity contribution is -0.139. The van der Waals surface area contributed by atoms with Crippen LogP contribution in [-0.2, 0) is 9.53 Å². The molecule has 0 aliphatic carbocycles. The van der Waals surface area contributed by atoms with Gasteiger partial charge in [0, 0.05) is 37.5 Å². The molecule has 3 rings (SSSR count). The summed E-state index contributed by atoms with van der Waals surface area (Å²) in [6.07, 6.45) is 1.86. The zero-order valence-electron chi connectivity index (χ0n) is 14.3. The van der Waals surface area contributed by atoms with Crippen molar-refractivity contribution in [3.8, 4) is 0 Å². The summed E-state index contributed by atoms with van der Waals surface area (Å²) in [5.41, 5.74) is 1.81. The van der Waals surface area contributed by atoms with Crippen molar-refractivity contribution in [2.45, 2.75) is 38.1 Å². The van der Waals surface area contributed by atoms with Crippen LogP contribution in [0.1, 0.15) is 43.0 Å². The van der Waals surface area contributed by atoms with Gasteiger partial charge in [0.05, 0.1) is 17.6 Å². The fraction of sp³-hybridized carbons (Fsp3) is 0.500. The van der Waals surface area contributed by atoms with E-state index >= 15 is 0 Å². The Hall–Kier alpha value is -2.41. The predicted octanol–water partition coefficient (Wildman–Crippen LogP) is 2.03. The van der Waals surface area contributed by atoms with Crippen molar-refractivity contribution in [1.29, 1.82) is 0 Å². The second-order valence-electron chi connectivity index (χ2n) is 6.67. The summed E-state index contributed by atoms with van der Waals surface area (Å²) in [7, 11) is 0. The fourth-order valence-corrected chi connectivity index (χ4v) is 3.26. The lowest BCUT2D eigenvalue weighted by Gasteiger charge is -2.36. The summed E-state index contributed by atoms with van der Waals surface area (Å²) >= 11 is 0. The van der Waals surface area contributed by atoms with Crippen molar-refractivity contribution >= 4 is 23.3 Å². The Labute approximate surface area is 146 Å². The van der Waals surface area contributed by atoms with E-state index < -0.39 is 11.5 Å². The second-order valence-corrected chi connectivity index (χ2v) is 6.67. The number of amides is 1. The van der Waals surface area contributed by atoms with Gasteiger partial charge in [-0.2, -0.15) is 5.10 Å². The van der Waals surface area contributed by atoms with E-state index in [2.05, 4.69) is 10.4 Å². The molecule has 25 heavy (non-hydrogen) atoms. The van der Waals surface area contributed by atoms with Crippen LogP contribution in [0.3, 0.4) is 0 Å². The number of rotatable bonds is 5. The molecule has 0 spiro atoms. The van der Waals surface area contributed by atoms with Crippen LogP contribution < -0.4 is 10.3 Å². The first-order valence-corrected chi connectivity index (χ1v) is 8.51. The highest BCUT2D eigenvalue weighted by Gasteiger charge is 2.36. The molecule has 7 nitrogen and oxygen atoms in total. The van der Waals surface area contributed by atoms with Crippen molar-refractivity contribution < 1.29 is 19.4 Å². The number of benzene rings is 1. The third-order valence-electron chi connectivity index (χ3n) is 4.72. The van der Waals surface area contributed by atoms with E-state index in [4.69, 9.17) is 4.74 Å². The van der Waals surface area contributed by atoms with E-state index in [9.17, 15) is 14.7 Å². The zero-order valence-corrected chi connectivity index (χ0v) is 14.3. The van der Waals surface area contributed by atoms with E-state index in [1.165, 1.54) is 0 Å². The molecule has 2 N–H and O–H groups in total. The average molecular weight is 345 g/mol. The number of carboxylic acid groups (broad SMARTS) is 1. The number of hydrogen-bond donors (Lipinski definition) is 2. The molecule has 134 valence electrons. The fourth-order valence-electron chi connectivity index (χ4n) is 3.26. The Bertz CT molecular complexity index is 678. The van der Waals surface area contributed by atoms with Crippen molar-refractivity contribution in [2.24, 2.45) is 5.10 Å². The second kappa shape index (κ2) is 7.23. The van der Waals surface area contributed by atoms with Gasteiger partial charge < -0.3 is 15.2 Å². The van der Waals surface area contributed by atoms with E-state index in [1.807, 2.05) is 24.1 Å². The number of aliphatic carboxylic acids is 1. The number of anilines is 1. The maximum absolute atomic E-state index is 12.6. The van der Waals surface area contributed by atoms with Crippen molar-refractivity contribution in [2.75, 3.05) is 24.8 Å². The standard InChI is InChI=1S/C18H23N3O4/c1-13-6-9-21(20-13)15-4-2-14(3-5-15)17(24)19-18(12-16(22)23)7-10-25-11-8-18/h2-5H,6-12H2,1H3,(H,19,24)(H,22,23). The summed E-state index contributed by atoms with van der Waals surface area (Å²) in [6.45, 7) is 3.76. The van der Waals surface area contributed by atoms with Gasteiger partial charge in [0.15, 0.2) is 0 Å². The van der Waals surface area contributed by atoms with Crippen LogP contribution in [0.4, 0.5) is 5.69 Å². The third-order valence-corrected chi connectivity index (χ3v) is 4.72. The molecule has 1 fully saturated rings. The molecule has 1 aromatic carbocycles. The van der Waals surface area contributed by atoms with Crippen LogP contribution >= 0.6 is 0 Å². The lowest BCUT2D eigenvalue weighted by Crippen LogP contribution is -2.53. The molecule has 1 saturated heterocycles. The minimum Gasteiger partial charge on any atom is -0.481 e. The van der Waals surface area contributed by atoms with Crippen LogP contribution in [0.5, 0.6) is 0 Å². The maximum Gasteiger partial charge on any atom is 0.305 e. The number of hydrazone groups is 1. The summed E-state index contributed by atoms with van der Waals surface area (Å²) in [4.78, 5) is 23.8. The Morgan fingerprint density at radius 2 is 1.96 bits per heavy atom. The highest BCUT2D eigenvalue weighted by atomic mass is 16.5. The van der Waals surface area contributed by atoms with Crippen LogP contribution in [-0.4, -0.2) is 48.0 Å². The highest BCUT2D eigenvalue weighted by molar-refractivity contribution is 5.95. The average Bonchev–Trinajstić information content (AvgIpc) is 3.01. The molecular formula is C18H23N3O4. The van der Waals surface area contributed by atoms with Crippen molar-refractivity contribution in [1.82, 2.24) is 5.32 Å². The minimum absolute atomic E-state index is 0.0953. The third kappa shape index (κ3) is 4.17. The molecule has 2 aliphatic heterocycles. The number of carbonyl (C=O) groups excluding carboxylic acids is 1. The van der Waals surface area contributed by atoms with E-state index in [0.29, 0.717) is 31.6 Å². The molecule has 1 aromatic rings. The molecule has 0 saturated carbocycles.